The predicted octanol–water partition coefficient (Wildman–Crippen LogP) is 2.74. The number of hydrogen-bond acceptors (Lipinski definition) is 4. The van der Waals surface area contributed by atoms with Crippen LogP contribution in [0, 0.1) is 5.92 Å². The van der Waals surface area contributed by atoms with Crippen LogP contribution in [0.2, 0.25) is 5.02 Å². The minimum absolute atomic E-state index is 0.0117. The number of nitrogens with zero attached hydrogens (tertiary/aromatic N) is 1. The normalized spacial score (nSPS) is 16.3. The van der Waals surface area contributed by atoms with E-state index in [9.17, 15) is 13.2 Å². The molecule has 1 aromatic carbocycles. The Morgan fingerprint density at radius 2 is 1.92 bits per heavy atom. The van der Waals surface area contributed by atoms with E-state index in [1.54, 1.807) is 19.9 Å². The molecule has 8 heteroatoms. The minimum atomic E-state index is -3.68. The molecule has 1 heterocycles. The van der Waals surface area contributed by atoms with E-state index in [0.717, 1.165) is 0 Å². The first-order chi connectivity index (χ1) is 11.4. The average molecular weight is 375 g/mol. The van der Waals surface area contributed by atoms with Crippen LogP contribution in [-0.2, 0) is 19.6 Å². The molecule has 0 atom stereocenters. The lowest BCUT2D eigenvalue weighted by Gasteiger charge is -2.22. The summed E-state index contributed by atoms with van der Waals surface area (Å²) in [5.41, 5.74) is 0.432. The smallest absolute Gasteiger partial charge is 0.244 e. The second-order valence-electron chi connectivity index (χ2n) is 5.61. The second-order valence-corrected chi connectivity index (χ2v) is 7.92. The van der Waals surface area contributed by atoms with Gasteiger partial charge in [0.25, 0.3) is 0 Å². The van der Waals surface area contributed by atoms with Crippen molar-refractivity contribution in [3.63, 3.8) is 0 Å². The summed E-state index contributed by atoms with van der Waals surface area (Å²) in [6.07, 6.45) is 1.34. The highest BCUT2D eigenvalue weighted by atomic mass is 35.5. The monoisotopic (exact) mass is 374 g/mol. The molecule has 1 aliphatic rings. The van der Waals surface area contributed by atoms with Gasteiger partial charge in [-0.3, -0.25) is 4.79 Å². The number of halogens is 1. The molecule has 1 amide bonds. The summed E-state index contributed by atoms with van der Waals surface area (Å²) < 4.78 is 31.9. The highest BCUT2D eigenvalue weighted by Gasteiger charge is 2.26. The van der Waals surface area contributed by atoms with E-state index in [1.807, 2.05) is 0 Å². The maximum absolute atomic E-state index is 12.7. The molecule has 0 aliphatic carbocycles. The highest BCUT2D eigenvalue weighted by molar-refractivity contribution is 7.89. The van der Waals surface area contributed by atoms with Gasteiger partial charge in [0, 0.05) is 37.9 Å². The van der Waals surface area contributed by atoms with E-state index in [4.69, 9.17) is 16.3 Å². The molecule has 0 bridgehead atoms. The van der Waals surface area contributed by atoms with Crippen LogP contribution in [0.1, 0.15) is 26.7 Å². The van der Waals surface area contributed by atoms with E-state index >= 15 is 0 Å². The summed E-state index contributed by atoms with van der Waals surface area (Å²) in [5, 5.41) is 2.93. The largest absolute Gasteiger partial charge is 0.381 e. The average Bonchev–Trinajstić information content (AvgIpc) is 2.58. The third kappa shape index (κ3) is 4.27. The van der Waals surface area contributed by atoms with Crippen molar-refractivity contribution in [2.75, 3.05) is 31.6 Å². The fraction of sp³-hybridized carbons (Fsp3) is 0.562. The third-order valence-electron chi connectivity index (χ3n) is 4.11. The molecule has 24 heavy (non-hydrogen) atoms. The van der Waals surface area contributed by atoms with Gasteiger partial charge in [0.1, 0.15) is 4.90 Å². The molecule has 1 aromatic rings. The molecular weight excluding hydrogens is 352 g/mol. The van der Waals surface area contributed by atoms with Gasteiger partial charge in [-0.2, -0.15) is 4.31 Å². The van der Waals surface area contributed by atoms with Crippen LogP contribution in [0.25, 0.3) is 0 Å². The van der Waals surface area contributed by atoms with E-state index in [1.165, 1.54) is 16.4 Å². The number of rotatable bonds is 6. The number of carbonyl (C=O) groups is 1. The molecular formula is C16H23ClN2O4S. The number of anilines is 1. The molecule has 1 aliphatic heterocycles. The number of hydrogen-bond donors (Lipinski definition) is 1. The van der Waals surface area contributed by atoms with Crippen molar-refractivity contribution < 1.29 is 17.9 Å². The van der Waals surface area contributed by atoms with Crippen molar-refractivity contribution in [2.24, 2.45) is 5.92 Å². The minimum Gasteiger partial charge on any atom is -0.381 e. The van der Waals surface area contributed by atoms with Gasteiger partial charge >= 0.3 is 0 Å². The number of ether oxygens (including phenoxy) is 1. The second kappa shape index (κ2) is 8.29. The van der Waals surface area contributed by atoms with Gasteiger partial charge in [0.15, 0.2) is 0 Å². The van der Waals surface area contributed by atoms with Crippen molar-refractivity contribution >= 4 is 33.2 Å². The summed E-state index contributed by atoms with van der Waals surface area (Å²) in [6, 6.07) is 4.53. The fourth-order valence-electron chi connectivity index (χ4n) is 2.69. The van der Waals surface area contributed by atoms with Crippen LogP contribution < -0.4 is 5.32 Å². The Morgan fingerprint density at radius 1 is 1.29 bits per heavy atom. The van der Waals surface area contributed by atoms with Gasteiger partial charge in [-0.15, -0.1) is 0 Å². The molecule has 0 saturated carbocycles. The first-order valence-electron chi connectivity index (χ1n) is 8.08. The number of benzene rings is 1. The van der Waals surface area contributed by atoms with Crippen molar-refractivity contribution in [3.8, 4) is 0 Å². The zero-order valence-electron chi connectivity index (χ0n) is 13.9. The molecule has 1 fully saturated rings. The number of sulfonamides is 1. The molecule has 6 nitrogen and oxygen atoms in total. The quantitative estimate of drug-likeness (QED) is 0.830. The molecule has 134 valence electrons. The number of carbonyl (C=O) groups excluding carboxylic acids is 1. The van der Waals surface area contributed by atoms with Crippen LogP contribution in [0.15, 0.2) is 23.1 Å². The first kappa shape index (κ1) is 19.2. The Kier molecular flexibility index (Phi) is 6.62. The van der Waals surface area contributed by atoms with E-state index in [-0.39, 0.29) is 21.7 Å². The Morgan fingerprint density at radius 3 is 2.50 bits per heavy atom. The van der Waals surface area contributed by atoms with Crippen LogP contribution in [0.3, 0.4) is 0 Å². The lowest BCUT2D eigenvalue weighted by atomic mass is 9.99. The molecule has 0 spiro atoms. The molecule has 1 N–H and O–H groups in total. The van der Waals surface area contributed by atoms with Crippen molar-refractivity contribution in [2.45, 2.75) is 31.6 Å². The summed E-state index contributed by atoms with van der Waals surface area (Å²) in [5.74, 6) is -0.232. The van der Waals surface area contributed by atoms with Crippen LogP contribution in [0.4, 0.5) is 5.69 Å². The Labute approximate surface area is 148 Å². The van der Waals surface area contributed by atoms with E-state index in [0.29, 0.717) is 44.8 Å². The summed E-state index contributed by atoms with van der Waals surface area (Å²) in [6.45, 7) is 5.39. The van der Waals surface area contributed by atoms with E-state index in [2.05, 4.69) is 5.32 Å². The van der Waals surface area contributed by atoms with Gasteiger partial charge in [0.2, 0.25) is 15.9 Å². The van der Waals surface area contributed by atoms with Crippen LogP contribution in [-0.4, -0.2) is 44.9 Å². The maximum Gasteiger partial charge on any atom is 0.244 e. The van der Waals surface area contributed by atoms with Crippen LogP contribution in [0.5, 0.6) is 0 Å². The first-order valence-corrected chi connectivity index (χ1v) is 9.90. The molecule has 0 aromatic heterocycles. The Balaban J connectivity index is 2.23. The zero-order chi connectivity index (χ0) is 17.7. The lowest BCUT2D eigenvalue weighted by molar-refractivity contribution is -0.122. The highest BCUT2D eigenvalue weighted by Crippen LogP contribution is 2.28. The van der Waals surface area contributed by atoms with Gasteiger partial charge in [-0.25, -0.2) is 8.42 Å². The summed E-state index contributed by atoms with van der Waals surface area (Å²) in [4.78, 5) is 12.3. The molecule has 0 unspecified atom stereocenters. The SMILES string of the molecule is CCN(CC)S(=O)(=O)c1cc(NC(=O)C2CCOCC2)ccc1Cl. The molecule has 1 saturated heterocycles. The predicted molar refractivity (Wildman–Crippen MR) is 93.7 cm³/mol. The van der Waals surface area contributed by atoms with Gasteiger partial charge in [0.05, 0.1) is 5.02 Å². The molecule has 0 radical (unpaired) electrons. The van der Waals surface area contributed by atoms with Crippen molar-refractivity contribution in [3.05, 3.63) is 23.2 Å². The van der Waals surface area contributed by atoms with Gasteiger partial charge < -0.3 is 10.1 Å². The van der Waals surface area contributed by atoms with Crippen molar-refractivity contribution in [1.29, 1.82) is 0 Å². The zero-order valence-corrected chi connectivity index (χ0v) is 15.5. The van der Waals surface area contributed by atoms with Gasteiger partial charge in [-0.05, 0) is 31.0 Å². The number of amides is 1. The molecule has 2 rings (SSSR count). The maximum atomic E-state index is 12.7. The standard InChI is InChI=1S/C16H23ClN2O4S/c1-3-19(4-2)24(21,22)15-11-13(5-6-14(15)17)18-16(20)12-7-9-23-10-8-12/h5-6,11-12H,3-4,7-10H2,1-2H3,(H,18,20). The van der Waals surface area contributed by atoms with Gasteiger partial charge in [-0.1, -0.05) is 25.4 Å². The summed E-state index contributed by atoms with van der Waals surface area (Å²) >= 11 is 6.09. The Hall–Kier alpha value is -1.15. The fourth-order valence-corrected chi connectivity index (χ4v) is 4.64. The Bertz CT molecular complexity index is 683. The number of nitrogens with one attached hydrogen (secondary N) is 1. The summed E-state index contributed by atoms with van der Waals surface area (Å²) in [7, 11) is -3.68. The lowest BCUT2D eigenvalue weighted by Crippen LogP contribution is -2.31. The van der Waals surface area contributed by atoms with Crippen molar-refractivity contribution in [1.82, 2.24) is 4.31 Å². The van der Waals surface area contributed by atoms with E-state index < -0.39 is 10.0 Å². The topological polar surface area (TPSA) is 75.7 Å². The third-order valence-corrected chi connectivity index (χ3v) is 6.65. The van der Waals surface area contributed by atoms with Crippen LogP contribution >= 0.6 is 11.6 Å².